The molecule has 0 N–H and O–H groups in total. The molecule has 1 heterocycles. The summed E-state index contributed by atoms with van der Waals surface area (Å²) < 4.78 is 13.7. The normalized spacial score (nSPS) is 14.2. The van der Waals surface area contributed by atoms with Gasteiger partial charge in [0.15, 0.2) is 0 Å². The van der Waals surface area contributed by atoms with E-state index in [4.69, 9.17) is 23.2 Å². The van der Waals surface area contributed by atoms with Gasteiger partial charge in [-0.15, -0.1) is 11.8 Å². The molecule has 0 radical (unpaired) electrons. The van der Waals surface area contributed by atoms with Crippen molar-refractivity contribution in [2.75, 3.05) is 5.75 Å². The number of aromatic nitrogens is 1. The van der Waals surface area contributed by atoms with Crippen LogP contribution >= 0.6 is 35.0 Å². The van der Waals surface area contributed by atoms with Crippen molar-refractivity contribution in [3.8, 4) is 0 Å². The van der Waals surface area contributed by atoms with Crippen molar-refractivity contribution in [1.82, 2.24) is 4.98 Å². The number of benzene rings is 3. The molecule has 3 nitrogen and oxygen atoms in total. The first kappa shape index (κ1) is 27.9. The number of rotatable bonds is 6. The minimum Gasteiger partial charge on any atom is -0.550 e. The summed E-state index contributed by atoms with van der Waals surface area (Å²) >= 11 is 14.1. The van der Waals surface area contributed by atoms with Crippen molar-refractivity contribution in [3.05, 3.63) is 110 Å². The molecule has 5 rings (SSSR count). The van der Waals surface area contributed by atoms with Crippen LogP contribution in [-0.4, -0.2) is 16.7 Å². The van der Waals surface area contributed by atoms with Crippen LogP contribution in [0.25, 0.3) is 35.2 Å². The number of hydrogen-bond acceptors (Lipinski definition) is 4. The van der Waals surface area contributed by atoms with E-state index in [0.29, 0.717) is 27.4 Å². The summed E-state index contributed by atoms with van der Waals surface area (Å²) in [6, 6.07) is 18.5. The second-order valence-electron chi connectivity index (χ2n) is 8.37. The number of thioether (sulfide) groups is 1. The number of carboxylic acid groups (broad SMARTS) is 1. The van der Waals surface area contributed by atoms with Crippen LogP contribution in [0.15, 0.2) is 60.7 Å². The zero-order chi connectivity index (χ0) is 25.2. The smallest absolute Gasteiger partial charge is 0.550 e. The molecule has 1 atom stereocenters. The van der Waals surface area contributed by atoms with Crippen LogP contribution in [0.4, 0.5) is 4.39 Å². The Morgan fingerprint density at radius 3 is 2.62 bits per heavy atom. The van der Waals surface area contributed by atoms with Crippen molar-refractivity contribution in [3.63, 3.8) is 0 Å². The maximum Gasteiger partial charge on any atom is 1.00 e. The van der Waals surface area contributed by atoms with Crippen LogP contribution in [0, 0.1) is 5.82 Å². The third-order valence-electron chi connectivity index (χ3n) is 5.97. The van der Waals surface area contributed by atoms with Gasteiger partial charge in [-0.05, 0) is 76.4 Å². The molecular formula is C29H19Cl2FNNaO2S. The van der Waals surface area contributed by atoms with Crippen molar-refractivity contribution >= 4 is 76.1 Å². The van der Waals surface area contributed by atoms with Crippen LogP contribution in [0.2, 0.25) is 10.0 Å². The van der Waals surface area contributed by atoms with Gasteiger partial charge in [-0.3, -0.25) is 0 Å². The van der Waals surface area contributed by atoms with E-state index in [1.54, 1.807) is 11.8 Å². The Labute approximate surface area is 250 Å². The van der Waals surface area contributed by atoms with Crippen molar-refractivity contribution < 1.29 is 43.8 Å². The van der Waals surface area contributed by atoms with Gasteiger partial charge in [-0.25, -0.2) is 9.37 Å². The van der Waals surface area contributed by atoms with E-state index in [1.165, 1.54) is 12.1 Å². The number of halogens is 3. The van der Waals surface area contributed by atoms with E-state index >= 15 is 0 Å². The number of fused-ring (bicyclic) bond motifs is 3. The van der Waals surface area contributed by atoms with E-state index in [9.17, 15) is 14.3 Å². The van der Waals surface area contributed by atoms with E-state index in [1.807, 2.05) is 60.7 Å². The predicted molar refractivity (Wildman–Crippen MR) is 146 cm³/mol. The van der Waals surface area contributed by atoms with E-state index in [2.05, 4.69) is 17.1 Å². The number of nitrogens with zero attached hydrogens (tertiary/aromatic N) is 1. The summed E-state index contributed by atoms with van der Waals surface area (Å²) in [6.07, 6.45) is 7.92. The second kappa shape index (κ2) is 12.2. The minimum atomic E-state index is -1.07. The average molecular weight is 558 g/mol. The first-order valence-electron chi connectivity index (χ1n) is 11.2. The van der Waals surface area contributed by atoms with Crippen LogP contribution in [0.1, 0.15) is 45.2 Å². The van der Waals surface area contributed by atoms with Gasteiger partial charge in [-0.2, -0.15) is 0 Å². The van der Waals surface area contributed by atoms with E-state index in [0.717, 1.165) is 27.8 Å². The van der Waals surface area contributed by atoms with Gasteiger partial charge in [0.25, 0.3) is 0 Å². The van der Waals surface area contributed by atoms with Gasteiger partial charge < -0.3 is 9.90 Å². The molecule has 1 aromatic heterocycles. The van der Waals surface area contributed by atoms with Crippen LogP contribution in [0.3, 0.4) is 0 Å². The fourth-order valence-electron chi connectivity index (χ4n) is 4.23. The van der Waals surface area contributed by atoms with Crippen LogP contribution in [-0.2, 0) is 4.79 Å². The predicted octanol–water partition coefficient (Wildman–Crippen LogP) is 4.30. The quantitative estimate of drug-likeness (QED) is 0.332. The second-order valence-corrected chi connectivity index (χ2v) is 10.4. The van der Waals surface area contributed by atoms with Gasteiger partial charge in [-0.1, -0.05) is 71.8 Å². The average Bonchev–Trinajstić information content (AvgIpc) is 3.01. The Morgan fingerprint density at radius 2 is 1.81 bits per heavy atom. The molecule has 1 aliphatic carbocycles. The number of carboxylic acids is 1. The summed E-state index contributed by atoms with van der Waals surface area (Å²) in [6.45, 7) is 0. The maximum absolute atomic E-state index is 13.7. The van der Waals surface area contributed by atoms with Gasteiger partial charge >= 0.3 is 29.6 Å². The Hall–Kier alpha value is -2.12. The number of carbonyl (C=O) groups is 1. The molecule has 0 aliphatic heterocycles. The SMILES string of the molecule is O=C([O-])CCSC1c2cc(/C=C/c3ccc4cc(F)c(Cl)cc4n3)ccc2C=Cc2cccc(Cl)c21.[Na+]. The maximum atomic E-state index is 13.7. The molecule has 0 amide bonds. The summed E-state index contributed by atoms with van der Waals surface area (Å²) in [5.41, 5.74) is 6.38. The number of carbonyl (C=O) groups excluding carboxylic acids is 1. The molecule has 4 aromatic rings. The molecule has 0 fully saturated rings. The Bertz CT molecular complexity index is 1560. The minimum absolute atomic E-state index is 0. The monoisotopic (exact) mass is 557 g/mol. The fraction of sp³-hybridized carbons (Fsp3) is 0.103. The summed E-state index contributed by atoms with van der Waals surface area (Å²) in [5, 5.41) is 12.3. The third-order valence-corrected chi connectivity index (χ3v) is 7.86. The standard InChI is InChI=1S/C29H20Cl2FNO2S.Na/c30-23-3-1-2-19-8-7-18-6-4-17(14-22(18)29(28(19)23)36-13-12-27(34)35)5-10-21-11-9-20-15-25(32)24(31)16-26(20)33-21;/h1-11,14-16,29H,12-13H2,(H,34,35);/q;+1/p-1/b10-5+;. The van der Waals surface area contributed by atoms with Crippen molar-refractivity contribution in [2.24, 2.45) is 0 Å². The van der Waals surface area contributed by atoms with Gasteiger partial charge in [0.05, 0.1) is 21.5 Å². The zero-order valence-electron chi connectivity index (χ0n) is 19.9. The van der Waals surface area contributed by atoms with Crippen LogP contribution in [0.5, 0.6) is 0 Å². The molecule has 0 saturated heterocycles. The summed E-state index contributed by atoms with van der Waals surface area (Å²) in [7, 11) is 0. The zero-order valence-corrected chi connectivity index (χ0v) is 24.2. The van der Waals surface area contributed by atoms with E-state index in [-0.39, 0.29) is 46.3 Å². The van der Waals surface area contributed by atoms with Crippen LogP contribution < -0.4 is 34.7 Å². The van der Waals surface area contributed by atoms with Gasteiger partial charge in [0.2, 0.25) is 0 Å². The molecule has 1 unspecified atom stereocenters. The molecule has 1 aliphatic rings. The molecule has 0 spiro atoms. The molecule has 0 bridgehead atoms. The molecule has 3 aromatic carbocycles. The van der Waals surface area contributed by atoms with Gasteiger partial charge in [0.1, 0.15) is 5.82 Å². The molecular weight excluding hydrogens is 539 g/mol. The molecule has 0 saturated carbocycles. The van der Waals surface area contributed by atoms with Crippen molar-refractivity contribution in [2.45, 2.75) is 11.7 Å². The first-order valence-corrected chi connectivity index (χ1v) is 13.1. The largest absolute Gasteiger partial charge is 1.00 e. The van der Waals surface area contributed by atoms with Gasteiger partial charge in [0, 0.05) is 16.4 Å². The van der Waals surface area contributed by atoms with Crippen molar-refractivity contribution in [1.29, 1.82) is 0 Å². The summed E-state index contributed by atoms with van der Waals surface area (Å²) in [5.74, 6) is -1.14. The third kappa shape index (κ3) is 6.31. The number of hydrogen-bond donors (Lipinski definition) is 0. The summed E-state index contributed by atoms with van der Waals surface area (Å²) in [4.78, 5) is 15.6. The molecule has 180 valence electrons. The first-order chi connectivity index (χ1) is 17.4. The Morgan fingerprint density at radius 1 is 1.00 bits per heavy atom. The topological polar surface area (TPSA) is 53.0 Å². The van der Waals surface area contributed by atoms with E-state index < -0.39 is 11.8 Å². The Balaban J connectivity index is 0.00000320. The fourth-order valence-corrected chi connectivity index (χ4v) is 6.07. The number of pyridine rings is 1. The molecule has 8 heteroatoms. The Kier molecular flexibility index (Phi) is 9.17. The number of aliphatic carboxylic acids is 1. The molecule has 37 heavy (non-hydrogen) atoms.